The molecule has 0 fully saturated rings. The Morgan fingerprint density at radius 2 is 1.91 bits per heavy atom. The maximum absolute atomic E-state index is 11.9. The summed E-state index contributed by atoms with van der Waals surface area (Å²) in [4.78, 5) is 35.1. The maximum atomic E-state index is 11.9. The van der Waals surface area contributed by atoms with Crippen LogP contribution in [0.15, 0.2) is 47.3 Å². The number of benzene rings is 1. The summed E-state index contributed by atoms with van der Waals surface area (Å²) in [5.74, 6) is -1.06. The van der Waals surface area contributed by atoms with E-state index in [1.54, 1.807) is 6.07 Å². The van der Waals surface area contributed by atoms with Crippen LogP contribution in [0.25, 0.3) is 11.3 Å². The molecule has 0 unspecified atom stereocenters. The van der Waals surface area contributed by atoms with Crippen molar-refractivity contribution in [2.45, 2.75) is 19.5 Å². The van der Waals surface area contributed by atoms with E-state index in [1.165, 1.54) is 20.1 Å². The van der Waals surface area contributed by atoms with Gasteiger partial charge in [-0.3, -0.25) is 9.59 Å². The second-order valence-electron chi connectivity index (χ2n) is 4.89. The molecule has 2 rings (SSSR count). The normalized spacial score (nSPS) is 11.6. The summed E-state index contributed by atoms with van der Waals surface area (Å²) in [5, 5.41) is 6.63. The zero-order valence-corrected chi connectivity index (χ0v) is 12.9. The molecule has 7 heteroatoms. The fourth-order valence-electron chi connectivity index (χ4n) is 1.98. The summed E-state index contributed by atoms with van der Waals surface area (Å²) in [6.07, 6.45) is 0. The summed E-state index contributed by atoms with van der Waals surface area (Å²) >= 11 is 0. The lowest BCUT2D eigenvalue weighted by Crippen LogP contribution is -2.42. The molecule has 2 aromatic rings. The smallest absolute Gasteiger partial charge is 0.328 e. The van der Waals surface area contributed by atoms with Crippen molar-refractivity contribution in [2.75, 3.05) is 7.11 Å². The SMILES string of the molecule is COC(=O)[C@H](C)NC(=O)Cn1nc(-c2ccccc2)ccc1=O. The zero-order chi connectivity index (χ0) is 16.8. The Balaban J connectivity index is 2.15. The number of hydrogen-bond acceptors (Lipinski definition) is 5. The molecule has 7 nitrogen and oxygen atoms in total. The molecule has 1 aromatic carbocycles. The highest BCUT2D eigenvalue weighted by molar-refractivity contribution is 5.83. The van der Waals surface area contributed by atoms with Crippen molar-refractivity contribution in [2.24, 2.45) is 0 Å². The summed E-state index contributed by atoms with van der Waals surface area (Å²) in [5.41, 5.74) is 1.02. The summed E-state index contributed by atoms with van der Waals surface area (Å²) < 4.78 is 5.58. The van der Waals surface area contributed by atoms with Gasteiger partial charge in [-0.1, -0.05) is 30.3 Å². The summed E-state index contributed by atoms with van der Waals surface area (Å²) in [7, 11) is 1.24. The first-order chi connectivity index (χ1) is 11.0. The number of esters is 1. The molecule has 0 radical (unpaired) electrons. The second-order valence-corrected chi connectivity index (χ2v) is 4.89. The van der Waals surface area contributed by atoms with Gasteiger partial charge in [-0.2, -0.15) is 5.10 Å². The van der Waals surface area contributed by atoms with E-state index in [0.29, 0.717) is 5.69 Å². The monoisotopic (exact) mass is 315 g/mol. The van der Waals surface area contributed by atoms with Crippen molar-refractivity contribution in [3.8, 4) is 11.3 Å². The number of aromatic nitrogens is 2. The Labute approximate surface area is 132 Å². The van der Waals surface area contributed by atoms with Crippen LogP contribution in [-0.4, -0.2) is 34.8 Å². The molecule has 1 N–H and O–H groups in total. The summed E-state index contributed by atoms with van der Waals surface area (Å²) in [6, 6.07) is 11.5. The predicted molar refractivity (Wildman–Crippen MR) is 83.6 cm³/mol. The van der Waals surface area contributed by atoms with E-state index >= 15 is 0 Å². The van der Waals surface area contributed by atoms with Gasteiger partial charge in [0.15, 0.2) is 0 Å². The molecule has 1 amide bonds. The van der Waals surface area contributed by atoms with Crippen molar-refractivity contribution in [3.63, 3.8) is 0 Å². The lowest BCUT2D eigenvalue weighted by Gasteiger charge is -2.12. The zero-order valence-electron chi connectivity index (χ0n) is 12.9. The van der Waals surface area contributed by atoms with Crippen molar-refractivity contribution in [1.29, 1.82) is 0 Å². The molecule has 0 spiro atoms. The molecule has 0 saturated heterocycles. The Hall–Kier alpha value is -2.96. The third kappa shape index (κ3) is 4.26. The highest BCUT2D eigenvalue weighted by Gasteiger charge is 2.16. The number of methoxy groups -OCH3 is 1. The number of amides is 1. The predicted octanol–water partition coefficient (Wildman–Crippen LogP) is 0.588. The van der Waals surface area contributed by atoms with Crippen LogP contribution in [0.2, 0.25) is 0 Å². The fourth-order valence-corrected chi connectivity index (χ4v) is 1.98. The molecule has 0 bridgehead atoms. The molecular formula is C16H17N3O4. The fraction of sp³-hybridized carbons (Fsp3) is 0.250. The van der Waals surface area contributed by atoms with Gasteiger partial charge < -0.3 is 10.1 Å². The molecule has 1 aromatic heterocycles. The van der Waals surface area contributed by atoms with Gasteiger partial charge in [-0.05, 0) is 13.0 Å². The number of nitrogens with one attached hydrogen (secondary N) is 1. The molecule has 120 valence electrons. The van der Waals surface area contributed by atoms with Gasteiger partial charge in [0.1, 0.15) is 12.6 Å². The third-order valence-corrected chi connectivity index (χ3v) is 3.16. The van der Waals surface area contributed by atoms with Gasteiger partial charge in [0.2, 0.25) is 5.91 Å². The highest BCUT2D eigenvalue weighted by atomic mass is 16.5. The van der Waals surface area contributed by atoms with Gasteiger partial charge in [-0.15, -0.1) is 0 Å². The maximum Gasteiger partial charge on any atom is 0.328 e. The van der Waals surface area contributed by atoms with Crippen LogP contribution in [0.3, 0.4) is 0 Å². The van der Waals surface area contributed by atoms with Gasteiger partial charge in [0.25, 0.3) is 5.56 Å². The second kappa shape index (κ2) is 7.35. The molecule has 1 heterocycles. The number of carbonyl (C=O) groups is 2. The Bertz CT molecular complexity index is 755. The van der Waals surface area contributed by atoms with Gasteiger partial charge in [-0.25, -0.2) is 9.48 Å². The summed E-state index contributed by atoms with van der Waals surface area (Å²) in [6.45, 7) is 1.22. The van der Waals surface area contributed by atoms with E-state index in [-0.39, 0.29) is 6.54 Å². The minimum atomic E-state index is -0.791. The topological polar surface area (TPSA) is 90.3 Å². The molecule has 0 saturated carbocycles. The van der Waals surface area contributed by atoms with Crippen LogP contribution in [0.1, 0.15) is 6.92 Å². The van der Waals surface area contributed by atoms with Crippen LogP contribution in [-0.2, 0) is 20.9 Å². The highest BCUT2D eigenvalue weighted by Crippen LogP contribution is 2.13. The van der Waals surface area contributed by atoms with Crippen LogP contribution >= 0.6 is 0 Å². The van der Waals surface area contributed by atoms with E-state index in [0.717, 1.165) is 10.2 Å². The number of ether oxygens (including phenoxy) is 1. The average molecular weight is 315 g/mol. The van der Waals surface area contributed by atoms with Crippen LogP contribution in [0.5, 0.6) is 0 Å². The van der Waals surface area contributed by atoms with Crippen molar-refractivity contribution < 1.29 is 14.3 Å². The number of rotatable bonds is 5. The van der Waals surface area contributed by atoms with E-state index in [4.69, 9.17) is 0 Å². The molecule has 1 atom stereocenters. The third-order valence-electron chi connectivity index (χ3n) is 3.16. The minimum Gasteiger partial charge on any atom is -0.467 e. The quantitative estimate of drug-likeness (QED) is 0.816. The molecular weight excluding hydrogens is 298 g/mol. The molecule has 23 heavy (non-hydrogen) atoms. The Kier molecular flexibility index (Phi) is 5.24. The first kappa shape index (κ1) is 16.4. The molecule has 0 aliphatic carbocycles. The Morgan fingerprint density at radius 3 is 2.57 bits per heavy atom. The van der Waals surface area contributed by atoms with E-state index in [9.17, 15) is 14.4 Å². The van der Waals surface area contributed by atoms with Gasteiger partial charge >= 0.3 is 5.97 Å². The van der Waals surface area contributed by atoms with E-state index < -0.39 is 23.5 Å². The Morgan fingerprint density at radius 1 is 1.22 bits per heavy atom. The van der Waals surface area contributed by atoms with Crippen molar-refractivity contribution >= 4 is 11.9 Å². The lowest BCUT2D eigenvalue weighted by molar-refractivity contribution is -0.144. The lowest BCUT2D eigenvalue weighted by atomic mass is 10.1. The average Bonchev–Trinajstić information content (AvgIpc) is 2.56. The molecule has 0 aliphatic heterocycles. The van der Waals surface area contributed by atoms with Gasteiger partial charge in [0.05, 0.1) is 12.8 Å². The van der Waals surface area contributed by atoms with Crippen LogP contribution in [0, 0.1) is 0 Å². The largest absolute Gasteiger partial charge is 0.467 e. The standard InChI is InChI=1S/C16H17N3O4/c1-11(16(22)23-2)17-14(20)10-19-15(21)9-8-13(18-19)12-6-4-3-5-7-12/h3-9,11H,10H2,1-2H3,(H,17,20)/t11-/m0/s1. The van der Waals surface area contributed by atoms with E-state index in [2.05, 4.69) is 15.2 Å². The minimum absolute atomic E-state index is 0.277. The molecule has 0 aliphatic rings. The van der Waals surface area contributed by atoms with Crippen molar-refractivity contribution in [3.05, 3.63) is 52.8 Å². The number of carbonyl (C=O) groups excluding carboxylic acids is 2. The van der Waals surface area contributed by atoms with Crippen LogP contribution < -0.4 is 10.9 Å². The first-order valence-electron chi connectivity index (χ1n) is 7.02. The van der Waals surface area contributed by atoms with Crippen molar-refractivity contribution in [1.82, 2.24) is 15.1 Å². The number of nitrogens with zero attached hydrogens (tertiary/aromatic N) is 2. The van der Waals surface area contributed by atoms with Crippen LogP contribution in [0.4, 0.5) is 0 Å². The van der Waals surface area contributed by atoms with Gasteiger partial charge in [0, 0.05) is 11.6 Å². The number of hydrogen-bond donors (Lipinski definition) is 1. The first-order valence-corrected chi connectivity index (χ1v) is 7.02. The van der Waals surface area contributed by atoms with E-state index in [1.807, 2.05) is 30.3 Å².